The molecule has 0 spiro atoms. The van der Waals surface area contributed by atoms with Gasteiger partial charge in [0, 0.05) is 0 Å². The molecule has 1 atom stereocenters. The van der Waals surface area contributed by atoms with Crippen molar-refractivity contribution in [1.29, 1.82) is 0 Å². The van der Waals surface area contributed by atoms with Gasteiger partial charge in [-0.1, -0.05) is 32.0 Å². The number of halogens is 1. The van der Waals surface area contributed by atoms with Crippen LogP contribution >= 0.6 is 0 Å². The SMILES string of the molecule is CC(C)[C@@H](CO)NC(=O)Cc1ccccc1F. The number of carbonyl (C=O) groups excluding carboxylic acids is 1. The molecule has 0 bridgehead atoms. The van der Waals surface area contributed by atoms with E-state index in [1.807, 2.05) is 13.8 Å². The van der Waals surface area contributed by atoms with Crippen molar-refractivity contribution in [2.45, 2.75) is 26.3 Å². The molecule has 1 amide bonds. The van der Waals surface area contributed by atoms with Crippen LogP contribution in [-0.2, 0) is 11.2 Å². The molecular formula is C13H18FNO2. The van der Waals surface area contributed by atoms with E-state index in [0.29, 0.717) is 5.56 Å². The minimum atomic E-state index is -0.382. The van der Waals surface area contributed by atoms with Crippen molar-refractivity contribution in [3.8, 4) is 0 Å². The summed E-state index contributed by atoms with van der Waals surface area (Å²) in [6.45, 7) is 3.70. The lowest BCUT2D eigenvalue weighted by molar-refractivity contribution is -0.121. The van der Waals surface area contributed by atoms with Gasteiger partial charge in [-0.05, 0) is 17.5 Å². The second-order valence-electron chi connectivity index (χ2n) is 4.37. The first-order chi connectivity index (χ1) is 8.04. The molecule has 0 aliphatic heterocycles. The summed E-state index contributed by atoms with van der Waals surface area (Å²) in [5.74, 6) is -0.514. The Morgan fingerprint density at radius 2 is 2.06 bits per heavy atom. The summed E-state index contributed by atoms with van der Waals surface area (Å²) < 4.78 is 13.3. The van der Waals surface area contributed by atoms with E-state index in [1.54, 1.807) is 18.2 Å². The lowest BCUT2D eigenvalue weighted by Crippen LogP contribution is -2.41. The Balaban J connectivity index is 2.58. The van der Waals surface area contributed by atoms with Crippen LogP contribution in [0, 0.1) is 11.7 Å². The molecule has 1 aromatic rings. The molecule has 94 valence electrons. The first kappa shape index (κ1) is 13.6. The van der Waals surface area contributed by atoms with Crippen LogP contribution in [0.5, 0.6) is 0 Å². The van der Waals surface area contributed by atoms with E-state index in [4.69, 9.17) is 5.11 Å². The van der Waals surface area contributed by atoms with Crippen molar-refractivity contribution < 1.29 is 14.3 Å². The van der Waals surface area contributed by atoms with Gasteiger partial charge in [0.2, 0.25) is 5.91 Å². The number of rotatable bonds is 5. The molecule has 0 heterocycles. The molecule has 0 aliphatic rings. The number of aliphatic hydroxyl groups is 1. The van der Waals surface area contributed by atoms with Gasteiger partial charge in [-0.2, -0.15) is 0 Å². The Bertz CT molecular complexity index is 379. The normalized spacial score (nSPS) is 12.5. The average molecular weight is 239 g/mol. The Morgan fingerprint density at radius 3 is 2.59 bits per heavy atom. The van der Waals surface area contributed by atoms with Crippen molar-refractivity contribution >= 4 is 5.91 Å². The third-order valence-electron chi connectivity index (χ3n) is 2.66. The summed E-state index contributed by atoms with van der Waals surface area (Å²) in [6.07, 6.45) is -0.00407. The molecule has 0 aromatic heterocycles. The largest absolute Gasteiger partial charge is 0.394 e. The summed E-state index contributed by atoms with van der Waals surface area (Å²) >= 11 is 0. The molecule has 0 saturated carbocycles. The fourth-order valence-electron chi connectivity index (χ4n) is 1.50. The van der Waals surface area contributed by atoms with E-state index >= 15 is 0 Å². The monoisotopic (exact) mass is 239 g/mol. The first-order valence-electron chi connectivity index (χ1n) is 5.68. The van der Waals surface area contributed by atoms with Crippen molar-refractivity contribution in [1.82, 2.24) is 5.32 Å². The fraction of sp³-hybridized carbons (Fsp3) is 0.462. The maximum absolute atomic E-state index is 13.3. The maximum Gasteiger partial charge on any atom is 0.224 e. The van der Waals surface area contributed by atoms with Crippen LogP contribution in [0.1, 0.15) is 19.4 Å². The van der Waals surface area contributed by atoms with Gasteiger partial charge >= 0.3 is 0 Å². The molecule has 2 N–H and O–H groups in total. The van der Waals surface area contributed by atoms with E-state index in [2.05, 4.69) is 5.32 Å². The standard InChI is InChI=1S/C13H18FNO2/c1-9(2)12(8-16)15-13(17)7-10-5-3-4-6-11(10)14/h3-6,9,12,16H,7-8H2,1-2H3,(H,15,17)/t12-/m1/s1. The lowest BCUT2D eigenvalue weighted by Gasteiger charge is -2.19. The van der Waals surface area contributed by atoms with Gasteiger partial charge in [-0.15, -0.1) is 0 Å². The smallest absolute Gasteiger partial charge is 0.224 e. The van der Waals surface area contributed by atoms with Crippen LogP contribution in [0.3, 0.4) is 0 Å². The quantitative estimate of drug-likeness (QED) is 0.818. The Labute approximate surface area is 101 Å². The molecule has 1 aromatic carbocycles. The molecule has 0 aliphatic carbocycles. The van der Waals surface area contributed by atoms with Gasteiger partial charge in [0.1, 0.15) is 5.82 Å². The average Bonchev–Trinajstić information content (AvgIpc) is 2.28. The van der Waals surface area contributed by atoms with E-state index in [9.17, 15) is 9.18 Å². The van der Waals surface area contributed by atoms with E-state index < -0.39 is 0 Å². The highest BCUT2D eigenvalue weighted by molar-refractivity contribution is 5.78. The number of nitrogens with one attached hydrogen (secondary N) is 1. The third kappa shape index (κ3) is 4.15. The summed E-state index contributed by atoms with van der Waals surface area (Å²) in [6, 6.07) is 5.90. The third-order valence-corrected chi connectivity index (χ3v) is 2.66. The second kappa shape index (κ2) is 6.35. The summed E-state index contributed by atoms with van der Waals surface area (Å²) in [5.41, 5.74) is 0.366. The zero-order valence-corrected chi connectivity index (χ0v) is 10.1. The lowest BCUT2D eigenvalue weighted by atomic mass is 10.0. The van der Waals surface area contributed by atoms with Gasteiger partial charge < -0.3 is 10.4 Å². The van der Waals surface area contributed by atoms with Crippen molar-refractivity contribution in [3.05, 3.63) is 35.6 Å². The first-order valence-corrected chi connectivity index (χ1v) is 5.68. The van der Waals surface area contributed by atoms with E-state index in [-0.39, 0.29) is 36.7 Å². The van der Waals surface area contributed by atoms with Crippen LogP contribution < -0.4 is 5.32 Å². The fourth-order valence-corrected chi connectivity index (χ4v) is 1.50. The van der Waals surface area contributed by atoms with Gasteiger partial charge in [-0.3, -0.25) is 4.79 Å². The number of aliphatic hydroxyl groups excluding tert-OH is 1. The van der Waals surface area contributed by atoms with E-state index in [0.717, 1.165) is 0 Å². The molecule has 17 heavy (non-hydrogen) atoms. The minimum absolute atomic E-state index is 0.00407. The molecule has 0 fully saturated rings. The van der Waals surface area contributed by atoms with Gasteiger partial charge in [-0.25, -0.2) is 4.39 Å². The molecule has 0 saturated heterocycles. The highest BCUT2D eigenvalue weighted by atomic mass is 19.1. The van der Waals surface area contributed by atoms with Crippen LogP contribution in [0.2, 0.25) is 0 Å². The zero-order valence-electron chi connectivity index (χ0n) is 10.1. The van der Waals surface area contributed by atoms with Crippen molar-refractivity contribution in [3.63, 3.8) is 0 Å². The Morgan fingerprint density at radius 1 is 1.41 bits per heavy atom. The van der Waals surface area contributed by atoms with Crippen LogP contribution in [0.15, 0.2) is 24.3 Å². The molecule has 0 unspecified atom stereocenters. The van der Waals surface area contributed by atoms with E-state index in [1.165, 1.54) is 6.07 Å². The molecule has 0 radical (unpaired) electrons. The summed E-state index contributed by atoms with van der Waals surface area (Å²) in [5, 5.41) is 11.8. The topological polar surface area (TPSA) is 49.3 Å². The number of carbonyl (C=O) groups is 1. The Kier molecular flexibility index (Phi) is 5.10. The number of hydrogen-bond donors (Lipinski definition) is 2. The maximum atomic E-state index is 13.3. The number of hydrogen-bond acceptors (Lipinski definition) is 2. The number of benzene rings is 1. The van der Waals surface area contributed by atoms with Gasteiger partial charge in [0.05, 0.1) is 19.1 Å². The van der Waals surface area contributed by atoms with Crippen LogP contribution in [-0.4, -0.2) is 23.7 Å². The Hall–Kier alpha value is -1.42. The number of amides is 1. The molecule has 1 rings (SSSR count). The summed E-state index contributed by atoms with van der Waals surface area (Å²) in [4.78, 5) is 11.6. The second-order valence-corrected chi connectivity index (χ2v) is 4.37. The molecular weight excluding hydrogens is 221 g/mol. The predicted octanol–water partition coefficient (Wildman–Crippen LogP) is 1.50. The van der Waals surface area contributed by atoms with Crippen LogP contribution in [0.25, 0.3) is 0 Å². The summed E-state index contributed by atoms with van der Waals surface area (Å²) in [7, 11) is 0. The zero-order chi connectivity index (χ0) is 12.8. The highest BCUT2D eigenvalue weighted by Crippen LogP contribution is 2.08. The molecule has 3 nitrogen and oxygen atoms in total. The molecule has 4 heteroatoms. The van der Waals surface area contributed by atoms with Crippen LogP contribution in [0.4, 0.5) is 4.39 Å². The minimum Gasteiger partial charge on any atom is -0.394 e. The van der Waals surface area contributed by atoms with Crippen molar-refractivity contribution in [2.24, 2.45) is 5.92 Å². The van der Waals surface area contributed by atoms with Crippen molar-refractivity contribution in [2.75, 3.05) is 6.61 Å². The van der Waals surface area contributed by atoms with Gasteiger partial charge in [0.25, 0.3) is 0 Å². The van der Waals surface area contributed by atoms with Gasteiger partial charge in [0.15, 0.2) is 0 Å². The highest BCUT2D eigenvalue weighted by Gasteiger charge is 2.15. The predicted molar refractivity (Wildman–Crippen MR) is 64.0 cm³/mol.